The second-order valence-corrected chi connectivity index (χ2v) is 8.09. The third kappa shape index (κ3) is 5.64. The number of amides is 1. The van der Waals surface area contributed by atoms with Gasteiger partial charge in [0.1, 0.15) is 12.4 Å². The number of aryl methyl sites for hydroxylation is 1. The highest BCUT2D eigenvalue weighted by Crippen LogP contribution is 2.20. The summed E-state index contributed by atoms with van der Waals surface area (Å²) in [6.45, 7) is 6.72. The number of likely N-dealkylation sites (N-methyl/N-ethyl adjacent to an activating group) is 1. The lowest BCUT2D eigenvalue weighted by molar-refractivity contribution is 0.102. The van der Waals surface area contributed by atoms with Crippen LogP contribution in [0.5, 0.6) is 5.75 Å². The van der Waals surface area contributed by atoms with Gasteiger partial charge in [0.15, 0.2) is 0 Å². The van der Waals surface area contributed by atoms with E-state index >= 15 is 0 Å². The number of hydrogen-bond donors (Lipinski definition) is 1. The summed E-state index contributed by atoms with van der Waals surface area (Å²) >= 11 is 0. The fraction of sp³-hybridized carbons (Fsp3) is 0.269. The molecule has 1 N–H and O–H groups in total. The summed E-state index contributed by atoms with van der Waals surface area (Å²) in [5.41, 5.74) is 4.82. The van der Waals surface area contributed by atoms with Crippen LogP contribution in [0.4, 0.5) is 11.4 Å². The summed E-state index contributed by atoms with van der Waals surface area (Å²) in [4.78, 5) is 17.3. The van der Waals surface area contributed by atoms with E-state index < -0.39 is 0 Å². The van der Waals surface area contributed by atoms with Gasteiger partial charge in [0.05, 0.1) is 0 Å². The number of benzene rings is 3. The second-order valence-electron chi connectivity index (χ2n) is 8.09. The predicted octanol–water partition coefficient (Wildman–Crippen LogP) is 4.58. The van der Waals surface area contributed by atoms with Crippen LogP contribution in [0, 0.1) is 6.92 Å². The first-order valence-electron chi connectivity index (χ1n) is 10.7. The van der Waals surface area contributed by atoms with E-state index in [2.05, 4.69) is 34.3 Å². The molecule has 0 aromatic heterocycles. The second kappa shape index (κ2) is 9.67. The van der Waals surface area contributed by atoms with Crippen LogP contribution >= 0.6 is 0 Å². The summed E-state index contributed by atoms with van der Waals surface area (Å²) in [6.07, 6.45) is 0. The molecule has 0 bridgehead atoms. The van der Waals surface area contributed by atoms with Crippen LogP contribution in [0.1, 0.15) is 21.5 Å². The Kier molecular flexibility index (Phi) is 6.53. The molecule has 4 rings (SSSR count). The fourth-order valence-electron chi connectivity index (χ4n) is 3.65. The first-order valence-corrected chi connectivity index (χ1v) is 10.7. The van der Waals surface area contributed by atoms with Gasteiger partial charge in [-0.05, 0) is 73.6 Å². The maximum absolute atomic E-state index is 12.6. The SMILES string of the molecule is Cc1cccc(OCc2ccc(C(=O)Nc3ccc(N4CCN(C)CC4)cc3)cc2)c1. The van der Waals surface area contributed by atoms with E-state index in [4.69, 9.17) is 4.74 Å². The van der Waals surface area contributed by atoms with E-state index in [1.165, 1.54) is 11.3 Å². The topological polar surface area (TPSA) is 44.8 Å². The number of carbonyl (C=O) groups is 1. The predicted molar refractivity (Wildman–Crippen MR) is 126 cm³/mol. The summed E-state index contributed by atoms with van der Waals surface area (Å²) in [6, 6.07) is 23.6. The molecule has 0 unspecified atom stereocenters. The Labute approximate surface area is 184 Å². The normalized spacial score (nSPS) is 14.3. The Morgan fingerprint density at radius 1 is 0.935 bits per heavy atom. The van der Waals surface area contributed by atoms with Crippen molar-refractivity contribution in [2.24, 2.45) is 0 Å². The van der Waals surface area contributed by atoms with E-state index in [0.717, 1.165) is 43.2 Å². The van der Waals surface area contributed by atoms with Gasteiger partial charge in [-0.2, -0.15) is 0 Å². The average Bonchev–Trinajstić information content (AvgIpc) is 2.79. The van der Waals surface area contributed by atoms with Crippen molar-refractivity contribution >= 4 is 17.3 Å². The van der Waals surface area contributed by atoms with Gasteiger partial charge < -0.3 is 19.9 Å². The highest BCUT2D eigenvalue weighted by atomic mass is 16.5. The largest absolute Gasteiger partial charge is 0.489 e. The summed E-state index contributed by atoms with van der Waals surface area (Å²) < 4.78 is 5.83. The number of piperazine rings is 1. The molecule has 5 heteroatoms. The molecule has 3 aromatic rings. The highest BCUT2D eigenvalue weighted by Gasteiger charge is 2.14. The van der Waals surface area contributed by atoms with Gasteiger partial charge in [-0.1, -0.05) is 24.3 Å². The van der Waals surface area contributed by atoms with Crippen LogP contribution in [0.3, 0.4) is 0 Å². The molecule has 160 valence electrons. The third-order valence-electron chi connectivity index (χ3n) is 5.60. The summed E-state index contributed by atoms with van der Waals surface area (Å²) in [5, 5.41) is 2.98. The number of nitrogens with one attached hydrogen (secondary N) is 1. The quantitative estimate of drug-likeness (QED) is 0.640. The zero-order valence-electron chi connectivity index (χ0n) is 18.2. The average molecular weight is 416 g/mol. The Bertz CT molecular complexity index is 1010. The van der Waals surface area contributed by atoms with Crippen molar-refractivity contribution in [3.05, 3.63) is 89.5 Å². The van der Waals surface area contributed by atoms with E-state index in [1.54, 1.807) is 0 Å². The standard InChI is InChI=1S/C26H29N3O2/c1-20-4-3-5-25(18-20)31-19-21-6-8-22(9-7-21)26(30)27-23-10-12-24(13-11-23)29-16-14-28(2)15-17-29/h3-13,18H,14-17,19H2,1-2H3,(H,27,30). The molecular formula is C26H29N3O2. The fourth-order valence-corrected chi connectivity index (χ4v) is 3.65. The molecule has 3 aromatic carbocycles. The molecule has 5 nitrogen and oxygen atoms in total. The third-order valence-corrected chi connectivity index (χ3v) is 5.60. The summed E-state index contributed by atoms with van der Waals surface area (Å²) in [5.74, 6) is 0.736. The lowest BCUT2D eigenvalue weighted by atomic mass is 10.1. The van der Waals surface area contributed by atoms with Crippen molar-refractivity contribution in [1.82, 2.24) is 4.90 Å². The molecule has 1 amide bonds. The van der Waals surface area contributed by atoms with Gasteiger partial charge in [0.25, 0.3) is 5.91 Å². The maximum atomic E-state index is 12.6. The molecule has 1 saturated heterocycles. The van der Waals surface area contributed by atoms with Gasteiger partial charge in [0.2, 0.25) is 0 Å². The minimum atomic E-state index is -0.113. The van der Waals surface area contributed by atoms with E-state index in [0.29, 0.717) is 12.2 Å². The zero-order valence-corrected chi connectivity index (χ0v) is 18.2. The summed E-state index contributed by atoms with van der Waals surface area (Å²) in [7, 11) is 2.15. The van der Waals surface area contributed by atoms with Crippen LogP contribution in [0.15, 0.2) is 72.8 Å². The van der Waals surface area contributed by atoms with Crippen LogP contribution in [0.2, 0.25) is 0 Å². The Morgan fingerprint density at radius 3 is 2.32 bits per heavy atom. The Morgan fingerprint density at radius 2 is 1.65 bits per heavy atom. The van der Waals surface area contributed by atoms with E-state index in [-0.39, 0.29) is 5.91 Å². The number of anilines is 2. The monoisotopic (exact) mass is 415 g/mol. The van der Waals surface area contributed by atoms with Gasteiger partial charge in [0, 0.05) is 43.1 Å². The number of hydrogen-bond acceptors (Lipinski definition) is 4. The molecule has 0 atom stereocenters. The number of nitrogens with zero attached hydrogens (tertiary/aromatic N) is 2. The van der Waals surface area contributed by atoms with Gasteiger partial charge >= 0.3 is 0 Å². The molecular weight excluding hydrogens is 386 g/mol. The van der Waals surface area contributed by atoms with Gasteiger partial charge in [-0.15, -0.1) is 0 Å². The molecule has 31 heavy (non-hydrogen) atoms. The van der Waals surface area contributed by atoms with Crippen LogP contribution in [-0.4, -0.2) is 44.0 Å². The van der Waals surface area contributed by atoms with Crippen LogP contribution in [0.25, 0.3) is 0 Å². The van der Waals surface area contributed by atoms with Crippen molar-refractivity contribution in [3.63, 3.8) is 0 Å². The lowest BCUT2D eigenvalue weighted by Crippen LogP contribution is -2.44. The van der Waals surface area contributed by atoms with Crippen molar-refractivity contribution in [3.8, 4) is 5.75 Å². The lowest BCUT2D eigenvalue weighted by Gasteiger charge is -2.34. The number of ether oxygens (including phenoxy) is 1. The molecule has 1 heterocycles. The first-order chi connectivity index (χ1) is 15.1. The molecule has 1 fully saturated rings. The van der Waals surface area contributed by atoms with Crippen LogP contribution in [-0.2, 0) is 6.61 Å². The Balaban J connectivity index is 1.31. The number of carbonyl (C=O) groups excluding carboxylic acids is 1. The zero-order chi connectivity index (χ0) is 21.6. The molecule has 0 aliphatic carbocycles. The molecule has 0 radical (unpaired) electrons. The molecule has 1 aliphatic heterocycles. The van der Waals surface area contributed by atoms with Gasteiger partial charge in [-0.25, -0.2) is 0 Å². The highest BCUT2D eigenvalue weighted by molar-refractivity contribution is 6.04. The van der Waals surface area contributed by atoms with Crippen molar-refractivity contribution < 1.29 is 9.53 Å². The minimum Gasteiger partial charge on any atom is -0.489 e. The van der Waals surface area contributed by atoms with Crippen molar-refractivity contribution in [2.45, 2.75) is 13.5 Å². The first kappa shape index (κ1) is 20.9. The van der Waals surface area contributed by atoms with E-state index in [9.17, 15) is 4.79 Å². The number of rotatable bonds is 6. The Hall–Kier alpha value is -3.31. The van der Waals surface area contributed by atoms with Crippen LogP contribution < -0.4 is 15.0 Å². The van der Waals surface area contributed by atoms with Gasteiger partial charge in [-0.3, -0.25) is 4.79 Å². The molecule has 1 aliphatic rings. The smallest absolute Gasteiger partial charge is 0.255 e. The van der Waals surface area contributed by atoms with E-state index in [1.807, 2.05) is 67.6 Å². The molecule has 0 saturated carbocycles. The maximum Gasteiger partial charge on any atom is 0.255 e. The van der Waals surface area contributed by atoms with Crippen molar-refractivity contribution in [2.75, 3.05) is 43.4 Å². The minimum absolute atomic E-state index is 0.113. The molecule has 0 spiro atoms. The van der Waals surface area contributed by atoms with Crippen molar-refractivity contribution in [1.29, 1.82) is 0 Å².